The summed E-state index contributed by atoms with van der Waals surface area (Å²) in [5, 5.41) is 0. The Morgan fingerprint density at radius 1 is 1.33 bits per heavy atom. The zero-order valence-corrected chi connectivity index (χ0v) is 9.40. The minimum atomic E-state index is -0.143. The van der Waals surface area contributed by atoms with Gasteiger partial charge in [0.05, 0.1) is 0 Å². The van der Waals surface area contributed by atoms with Gasteiger partial charge in [-0.2, -0.15) is 0 Å². The molecule has 15 heavy (non-hydrogen) atoms. The van der Waals surface area contributed by atoms with Crippen molar-refractivity contribution in [3.8, 4) is 0 Å². The Balaban J connectivity index is 2.42. The summed E-state index contributed by atoms with van der Waals surface area (Å²) >= 11 is 0. The standard InChI is InChI=1S/C13H18O2/c1-3-4-10-13(14)15-11(2)12-8-6-5-7-9-12/h5-9,11H,3-4,10H2,1-2H3. The Kier molecular flexibility index (Phi) is 4.88. The molecule has 82 valence electrons. The van der Waals surface area contributed by atoms with Crippen LogP contribution >= 0.6 is 0 Å². The molecule has 0 aliphatic rings. The van der Waals surface area contributed by atoms with Crippen molar-refractivity contribution in [2.45, 2.75) is 39.2 Å². The fourth-order valence-electron chi connectivity index (χ4n) is 1.37. The highest BCUT2D eigenvalue weighted by Crippen LogP contribution is 2.16. The molecule has 1 aromatic carbocycles. The van der Waals surface area contributed by atoms with Gasteiger partial charge in [-0.25, -0.2) is 0 Å². The number of carbonyl (C=O) groups excluding carboxylic acids is 1. The molecule has 1 unspecified atom stereocenters. The van der Waals surface area contributed by atoms with Gasteiger partial charge in [0.15, 0.2) is 0 Å². The Morgan fingerprint density at radius 3 is 2.60 bits per heavy atom. The number of unbranched alkanes of at least 4 members (excludes halogenated alkanes) is 1. The van der Waals surface area contributed by atoms with Crippen LogP contribution in [0.3, 0.4) is 0 Å². The minimum Gasteiger partial charge on any atom is -0.458 e. The summed E-state index contributed by atoms with van der Waals surface area (Å²) in [5.74, 6) is -0.104. The Morgan fingerprint density at radius 2 is 2.00 bits per heavy atom. The van der Waals surface area contributed by atoms with Crippen LogP contribution in [0.4, 0.5) is 0 Å². The van der Waals surface area contributed by atoms with E-state index >= 15 is 0 Å². The van der Waals surface area contributed by atoms with Crippen molar-refractivity contribution in [2.75, 3.05) is 0 Å². The molecule has 0 saturated carbocycles. The molecule has 1 aromatic rings. The van der Waals surface area contributed by atoms with Crippen LogP contribution in [0.25, 0.3) is 0 Å². The molecule has 0 fully saturated rings. The average molecular weight is 206 g/mol. The molecular formula is C13H18O2. The van der Waals surface area contributed by atoms with E-state index in [0.717, 1.165) is 18.4 Å². The molecular weight excluding hydrogens is 188 g/mol. The Hall–Kier alpha value is -1.31. The van der Waals surface area contributed by atoms with Crippen LogP contribution < -0.4 is 0 Å². The molecule has 1 atom stereocenters. The molecule has 0 bridgehead atoms. The zero-order chi connectivity index (χ0) is 11.1. The van der Waals surface area contributed by atoms with Gasteiger partial charge in [0.25, 0.3) is 0 Å². The number of esters is 1. The van der Waals surface area contributed by atoms with Gasteiger partial charge in [0.1, 0.15) is 6.10 Å². The topological polar surface area (TPSA) is 26.3 Å². The maximum atomic E-state index is 11.4. The quantitative estimate of drug-likeness (QED) is 0.689. The predicted molar refractivity (Wildman–Crippen MR) is 60.5 cm³/mol. The van der Waals surface area contributed by atoms with Gasteiger partial charge in [0.2, 0.25) is 0 Å². The highest BCUT2D eigenvalue weighted by atomic mass is 16.5. The first kappa shape index (κ1) is 11.8. The zero-order valence-electron chi connectivity index (χ0n) is 9.40. The third-order valence-electron chi connectivity index (χ3n) is 2.31. The first-order valence-electron chi connectivity index (χ1n) is 5.48. The Labute approximate surface area is 91.3 Å². The minimum absolute atomic E-state index is 0.104. The molecule has 2 nitrogen and oxygen atoms in total. The van der Waals surface area contributed by atoms with E-state index in [1.54, 1.807) is 0 Å². The lowest BCUT2D eigenvalue weighted by molar-refractivity contribution is -0.148. The van der Waals surface area contributed by atoms with E-state index < -0.39 is 0 Å². The number of hydrogen-bond donors (Lipinski definition) is 0. The second kappa shape index (κ2) is 6.23. The predicted octanol–water partition coefficient (Wildman–Crippen LogP) is 3.48. The molecule has 0 radical (unpaired) electrons. The molecule has 0 amide bonds. The molecule has 0 heterocycles. The molecule has 0 saturated heterocycles. The number of benzene rings is 1. The van der Waals surface area contributed by atoms with Gasteiger partial charge in [0, 0.05) is 6.42 Å². The fraction of sp³-hybridized carbons (Fsp3) is 0.462. The summed E-state index contributed by atoms with van der Waals surface area (Å²) in [6.07, 6.45) is 2.30. The van der Waals surface area contributed by atoms with Gasteiger partial charge >= 0.3 is 5.97 Å². The number of hydrogen-bond acceptors (Lipinski definition) is 2. The number of carbonyl (C=O) groups is 1. The molecule has 0 aliphatic heterocycles. The molecule has 0 spiro atoms. The highest BCUT2D eigenvalue weighted by molar-refractivity contribution is 5.69. The van der Waals surface area contributed by atoms with E-state index in [0.29, 0.717) is 6.42 Å². The van der Waals surface area contributed by atoms with E-state index in [1.807, 2.05) is 37.3 Å². The summed E-state index contributed by atoms with van der Waals surface area (Å²) in [4.78, 5) is 11.4. The molecule has 0 aromatic heterocycles. The van der Waals surface area contributed by atoms with Crippen molar-refractivity contribution in [1.29, 1.82) is 0 Å². The van der Waals surface area contributed by atoms with Gasteiger partial charge in [-0.3, -0.25) is 4.79 Å². The van der Waals surface area contributed by atoms with Crippen molar-refractivity contribution in [3.63, 3.8) is 0 Å². The van der Waals surface area contributed by atoms with Gasteiger partial charge in [-0.05, 0) is 18.9 Å². The summed E-state index contributed by atoms with van der Waals surface area (Å²) in [5.41, 5.74) is 1.04. The monoisotopic (exact) mass is 206 g/mol. The molecule has 1 rings (SSSR count). The highest BCUT2D eigenvalue weighted by Gasteiger charge is 2.10. The lowest BCUT2D eigenvalue weighted by atomic mass is 10.1. The molecule has 0 N–H and O–H groups in total. The lowest BCUT2D eigenvalue weighted by Gasteiger charge is -2.13. The first-order chi connectivity index (χ1) is 7.24. The van der Waals surface area contributed by atoms with Crippen LogP contribution in [0.15, 0.2) is 30.3 Å². The number of ether oxygens (including phenoxy) is 1. The van der Waals surface area contributed by atoms with Gasteiger partial charge in [-0.1, -0.05) is 43.7 Å². The van der Waals surface area contributed by atoms with Crippen LogP contribution in [-0.2, 0) is 9.53 Å². The van der Waals surface area contributed by atoms with Crippen molar-refractivity contribution in [1.82, 2.24) is 0 Å². The lowest BCUT2D eigenvalue weighted by Crippen LogP contribution is -2.08. The SMILES string of the molecule is CCCCC(=O)OC(C)c1ccccc1. The van der Waals surface area contributed by atoms with E-state index in [1.165, 1.54) is 0 Å². The maximum absolute atomic E-state index is 11.4. The summed E-state index contributed by atoms with van der Waals surface area (Å²) in [7, 11) is 0. The van der Waals surface area contributed by atoms with Crippen LogP contribution in [0.1, 0.15) is 44.8 Å². The maximum Gasteiger partial charge on any atom is 0.306 e. The summed E-state index contributed by atoms with van der Waals surface area (Å²) < 4.78 is 5.30. The van der Waals surface area contributed by atoms with E-state index in [-0.39, 0.29) is 12.1 Å². The largest absolute Gasteiger partial charge is 0.458 e. The molecule has 2 heteroatoms. The van der Waals surface area contributed by atoms with Crippen molar-refractivity contribution >= 4 is 5.97 Å². The Bertz CT molecular complexity index is 293. The summed E-state index contributed by atoms with van der Waals surface area (Å²) in [6.45, 7) is 3.97. The summed E-state index contributed by atoms with van der Waals surface area (Å²) in [6, 6.07) is 9.79. The van der Waals surface area contributed by atoms with Crippen molar-refractivity contribution < 1.29 is 9.53 Å². The third-order valence-corrected chi connectivity index (χ3v) is 2.31. The number of rotatable bonds is 5. The smallest absolute Gasteiger partial charge is 0.306 e. The van der Waals surface area contributed by atoms with E-state index in [9.17, 15) is 4.79 Å². The van der Waals surface area contributed by atoms with Gasteiger partial charge < -0.3 is 4.74 Å². The van der Waals surface area contributed by atoms with Crippen LogP contribution in [-0.4, -0.2) is 5.97 Å². The van der Waals surface area contributed by atoms with E-state index in [4.69, 9.17) is 4.74 Å². The van der Waals surface area contributed by atoms with Crippen LogP contribution in [0.5, 0.6) is 0 Å². The molecule has 0 aliphatic carbocycles. The van der Waals surface area contributed by atoms with E-state index in [2.05, 4.69) is 6.92 Å². The first-order valence-corrected chi connectivity index (χ1v) is 5.48. The van der Waals surface area contributed by atoms with Crippen molar-refractivity contribution in [2.24, 2.45) is 0 Å². The average Bonchev–Trinajstić information content (AvgIpc) is 2.27. The van der Waals surface area contributed by atoms with Crippen LogP contribution in [0.2, 0.25) is 0 Å². The normalized spacial score (nSPS) is 12.1. The second-order valence-electron chi connectivity index (χ2n) is 3.65. The fourth-order valence-corrected chi connectivity index (χ4v) is 1.37. The van der Waals surface area contributed by atoms with Crippen molar-refractivity contribution in [3.05, 3.63) is 35.9 Å². The van der Waals surface area contributed by atoms with Gasteiger partial charge in [-0.15, -0.1) is 0 Å². The second-order valence-corrected chi connectivity index (χ2v) is 3.65. The van der Waals surface area contributed by atoms with Crippen LogP contribution in [0, 0.1) is 0 Å². The third kappa shape index (κ3) is 4.15.